The van der Waals surface area contributed by atoms with Crippen LogP contribution < -0.4 is 4.57 Å². The smallest absolute Gasteiger partial charge is 0.187 e. The standard InChI is InChI=1S/C30H24N/c1-5-13-24(14-6-1)23-31-29(26-17-9-3-10-18-26)21-28(25-15-7-2-8-16-25)22-30(31)27-19-11-4-12-20-27/h1-22H,23H2/q+1. The lowest BCUT2D eigenvalue weighted by atomic mass is 9.98. The third-order valence-corrected chi connectivity index (χ3v) is 5.60. The van der Waals surface area contributed by atoms with Crippen LogP contribution in [0.3, 0.4) is 0 Å². The van der Waals surface area contributed by atoms with Gasteiger partial charge in [-0.3, -0.25) is 0 Å². The summed E-state index contributed by atoms with van der Waals surface area (Å²) >= 11 is 0. The molecule has 0 unspecified atom stereocenters. The first-order valence-corrected chi connectivity index (χ1v) is 10.7. The molecule has 0 aliphatic heterocycles. The van der Waals surface area contributed by atoms with Gasteiger partial charge in [-0.05, 0) is 35.4 Å². The number of pyridine rings is 1. The van der Waals surface area contributed by atoms with E-state index in [1.54, 1.807) is 0 Å². The van der Waals surface area contributed by atoms with Gasteiger partial charge < -0.3 is 0 Å². The van der Waals surface area contributed by atoms with Crippen LogP contribution in [0, 0.1) is 0 Å². The van der Waals surface area contributed by atoms with Gasteiger partial charge in [0.25, 0.3) is 0 Å². The molecular formula is C30H24N+. The average molecular weight is 399 g/mol. The molecule has 4 aromatic carbocycles. The van der Waals surface area contributed by atoms with Crippen molar-refractivity contribution in [2.24, 2.45) is 0 Å². The molecular weight excluding hydrogens is 374 g/mol. The molecule has 0 saturated heterocycles. The van der Waals surface area contributed by atoms with Crippen molar-refractivity contribution in [2.45, 2.75) is 6.54 Å². The van der Waals surface area contributed by atoms with Gasteiger partial charge in [0.05, 0.1) is 0 Å². The van der Waals surface area contributed by atoms with Crippen molar-refractivity contribution in [3.8, 4) is 33.6 Å². The predicted octanol–water partition coefficient (Wildman–Crippen LogP) is 7.02. The molecule has 0 radical (unpaired) electrons. The molecule has 0 atom stereocenters. The Morgan fingerprint density at radius 1 is 0.387 bits per heavy atom. The largest absolute Gasteiger partial charge is 0.213 e. The maximum Gasteiger partial charge on any atom is 0.213 e. The summed E-state index contributed by atoms with van der Waals surface area (Å²) in [5.74, 6) is 0. The molecule has 0 aliphatic carbocycles. The highest BCUT2D eigenvalue weighted by molar-refractivity contribution is 5.73. The van der Waals surface area contributed by atoms with Crippen LogP contribution in [-0.4, -0.2) is 0 Å². The molecule has 1 nitrogen and oxygen atoms in total. The maximum absolute atomic E-state index is 2.44. The fourth-order valence-electron chi connectivity index (χ4n) is 4.05. The molecule has 0 fully saturated rings. The molecule has 0 bridgehead atoms. The second-order valence-electron chi connectivity index (χ2n) is 7.68. The van der Waals surface area contributed by atoms with Crippen LogP contribution in [-0.2, 0) is 6.54 Å². The Labute approximate surface area is 183 Å². The van der Waals surface area contributed by atoms with Gasteiger partial charge in [-0.15, -0.1) is 0 Å². The summed E-state index contributed by atoms with van der Waals surface area (Å²) in [6, 6.07) is 47.3. The van der Waals surface area contributed by atoms with Crippen molar-refractivity contribution < 1.29 is 4.57 Å². The highest BCUT2D eigenvalue weighted by Crippen LogP contribution is 2.29. The Morgan fingerprint density at radius 3 is 1.23 bits per heavy atom. The monoisotopic (exact) mass is 398 g/mol. The lowest BCUT2D eigenvalue weighted by Gasteiger charge is -2.13. The third-order valence-electron chi connectivity index (χ3n) is 5.60. The Hall–Kier alpha value is -3.97. The molecule has 0 spiro atoms. The van der Waals surface area contributed by atoms with E-state index < -0.39 is 0 Å². The first-order valence-electron chi connectivity index (χ1n) is 10.7. The fraction of sp³-hybridized carbons (Fsp3) is 0.0333. The van der Waals surface area contributed by atoms with E-state index in [0.29, 0.717) is 0 Å². The van der Waals surface area contributed by atoms with E-state index in [0.717, 1.165) is 6.54 Å². The number of hydrogen-bond donors (Lipinski definition) is 0. The minimum Gasteiger partial charge on any atom is -0.187 e. The van der Waals surface area contributed by atoms with Gasteiger partial charge in [0.15, 0.2) is 6.54 Å². The predicted molar refractivity (Wildman–Crippen MR) is 128 cm³/mol. The van der Waals surface area contributed by atoms with Crippen LogP contribution in [0.4, 0.5) is 0 Å². The van der Waals surface area contributed by atoms with Gasteiger partial charge in [0.1, 0.15) is 0 Å². The lowest BCUT2D eigenvalue weighted by Crippen LogP contribution is -2.39. The van der Waals surface area contributed by atoms with Gasteiger partial charge >= 0.3 is 0 Å². The minimum absolute atomic E-state index is 0.810. The Balaban J connectivity index is 1.79. The number of benzene rings is 4. The molecule has 31 heavy (non-hydrogen) atoms. The molecule has 0 saturated carbocycles. The van der Waals surface area contributed by atoms with Crippen LogP contribution in [0.15, 0.2) is 133 Å². The molecule has 0 aliphatic rings. The molecule has 1 heteroatoms. The van der Waals surface area contributed by atoms with Crippen molar-refractivity contribution in [3.63, 3.8) is 0 Å². The molecule has 0 N–H and O–H groups in total. The zero-order valence-corrected chi connectivity index (χ0v) is 17.4. The first kappa shape index (κ1) is 19.0. The van der Waals surface area contributed by atoms with E-state index in [1.165, 1.54) is 39.2 Å². The van der Waals surface area contributed by atoms with Gasteiger partial charge in [0, 0.05) is 28.8 Å². The SMILES string of the molecule is c1ccc(C[n+]2c(-c3ccccc3)cc(-c3ccccc3)cc2-c2ccccc2)cc1. The summed E-state index contributed by atoms with van der Waals surface area (Å²) in [6.07, 6.45) is 0. The second kappa shape index (κ2) is 8.81. The Kier molecular flexibility index (Phi) is 5.40. The summed E-state index contributed by atoms with van der Waals surface area (Å²) in [5.41, 5.74) is 8.59. The van der Waals surface area contributed by atoms with E-state index in [-0.39, 0.29) is 0 Å². The minimum atomic E-state index is 0.810. The van der Waals surface area contributed by atoms with Crippen molar-refractivity contribution in [2.75, 3.05) is 0 Å². The van der Waals surface area contributed by atoms with E-state index in [4.69, 9.17) is 0 Å². The van der Waals surface area contributed by atoms with Crippen molar-refractivity contribution in [1.82, 2.24) is 0 Å². The van der Waals surface area contributed by atoms with Crippen LogP contribution in [0.25, 0.3) is 33.6 Å². The zero-order valence-electron chi connectivity index (χ0n) is 17.4. The lowest BCUT2D eigenvalue weighted by molar-refractivity contribution is -0.666. The van der Waals surface area contributed by atoms with Gasteiger partial charge in [0.2, 0.25) is 11.4 Å². The average Bonchev–Trinajstić information content (AvgIpc) is 2.86. The van der Waals surface area contributed by atoms with Gasteiger partial charge in [-0.1, -0.05) is 97.1 Å². The molecule has 5 aromatic rings. The third kappa shape index (κ3) is 4.17. The topological polar surface area (TPSA) is 3.88 Å². The van der Waals surface area contributed by atoms with Crippen molar-refractivity contribution in [3.05, 3.63) is 139 Å². The zero-order chi connectivity index (χ0) is 20.9. The van der Waals surface area contributed by atoms with E-state index in [1.807, 2.05) is 0 Å². The van der Waals surface area contributed by atoms with E-state index >= 15 is 0 Å². The van der Waals surface area contributed by atoms with Crippen molar-refractivity contribution in [1.29, 1.82) is 0 Å². The number of nitrogens with zero attached hydrogens (tertiary/aromatic N) is 1. The van der Waals surface area contributed by atoms with E-state index in [2.05, 4.69) is 138 Å². The second-order valence-corrected chi connectivity index (χ2v) is 7.68. The van der Waals surface area contributed by atoms with Crippen LogP contribution >= 0.6 is 0 Å². The van der Waals surface area contributed by atoms with Crippen molar-refractivity contribution >= 4 is 0 Å². The molecule has 0 amide bonds. The summed E-state index contributed by atoms with van der Waals surface area (Å²) in [4.78, 5) is 0. The summed E-state index contributed by atoms with van der Waals surface area (Å²) in [7, 11) is 0. The highest BCUT2D eigenvalue weighted by atomic mass is 15.0. The Morgan fingerprint density at radius 2 is 0.774 bits per heavy atom. The highest BCUT2D eigenvalue weighted by Gasteiger charge is 2.22. The number of aromatic nitrogens is 1. The molecule has 148 valence electrons. The van der Waals surface area contributed by atoms with Gasteiger partial charge in [-0.25, -0.2) is 0 Å². The van der Waals surface area contributed by atoms with E-state index in [9.17, 15) is 0 Å². The molecule has 5 rings (SSSR count). The quantitative estimate of drug-likeness (QED) is 0.280. The van der Waals surface area contributed by atoms with Crippen LogP contribution in [0.1, 0.15) is 5.56 Å². The Bertz CT molecular complexity index is 1200. The summed E-state index contributed by atoms with van der Waals surface area (Å²) < 4.78 is 2.44. The van der Waals surface area contributed by atoms with Gasteiger partial charge in [-0.2, -0.15) is 4.57 Å². The molecule has 1 aromatic heterocycles. The van der Waals surface area contributed by atoms with Crippen LogP contribution in [0.2, 0.25) is 0 Å². The fourth-order valence-corrected chi connectivity index (χ4v) is 4.05. The molecule has 1 heterocycles. The first-order chi connectivity index (χ1) is 15.4. The number of hydrogen-bond acceptors (Lipinski definition) is 0. The summed E-state index contributed by atoms with van der Waals surface area (Å²) in [6.45, 7) is 0.810. The maximum atomic E-state index is 2.44. The number of rotatable bonds is 5. The normalized spacial score (nSPS) is 10.7. The van der Waals surface area contributed by atoms with Crippen LogP contribution in [0.5, 0.6) is 0 Å². The summed E-state index contributed by atoms with van der Waals surface area (Å²) in [5, 5.41) is 0.